The fraction of sp³-hybridized carbons (Fsp3) is 0.357. The van der Waals surface area contributed by atoms with Gasteiger partial charge in [0.2, 0.25) is 5.91 Å². The van der Waals surface area contributed by atoms with Crippen molar-refractivity contribution in [1.29, 1.82) is 0 Å². The molecular weight excluding hydrogens is 212 g/mol. The smallest absolute Gasteiger partial charge is 0.219 e. The Morgan fingerprint density at radius 3 is 2.65 bits per heavy atom. The van der Waals surface area contributed by atoms with Gasteiger partial charge in [0.15, 0.2) is 0 Å². The number of fused-ring (bicyclic) bond motifs is 1. The van der Waals surface area contributed by atoms with Gasteiger partial charge in [0, 0.05) is 29.6 Å². The molecule has 0 fully saturated rings. The van der Waals surface area contributed by atoms with E-state index in [1.165, 1.54) is 27.7 Å². The molecule has 0 bridgehead atoms. The van der Waals surface area contributed by atoms with E-state index in [0.29, 0.717) is 13.0 Å². The third kappa shape index (κ3) is 2.05. The molecule has 90 valence electrons. The first kappa shape index (κ1) is 11.7. The average Bonchev–Trinajstić information content (AvgIpc) is 2.50. The molecule has 0 spiro atoms. The van der Waals surface area contributed by atoms with Gasteiger partial charge < -0.3 is 10.3 Å². The van der Waals surface area contributed by atoms with E-state index in [1.807, 2.05) is 0 Å². The molecule has 0 unspecified atom stereocenters. The SMILES string of the molecule is Cc1ccc2c(c1)c(C)c(C)n2CCC(N)=O. The Kier molecular flexibility index (Phi) is 2.92. The van der Waals surface area contributed by atoms with Crippen LogP contribution in [0.15, 0.2) is 18.2 Å². The van der Waals surface area contributed by atoms with Crippen molar-refractivity contribution < 1.29 is 4.79 Å². The molecule has 1 aromatic carbocycles. The van der Waals surface area contributed by atoms with Crippen molar-refractivity contribution >= 4 is 16.8 Å². The van der Waals surface area contributed by atoms with Crippen LogP contribution in [-0.4, -0.2) is 10.5 Å². The van der Waals surface area contributed by atoms with Crippen LogP contribution in [0, 0.1) is 20.8 Å². The van der Waals surface area contributed by atoms with Crippen LogP contribution < -0.4 is 5.73 Å². The van der Waals surface area contributed by atoms with Crippen LogP contribution in [0.25, 0.3) is 10.9 Å². The molecule has 2 rings (SSSR count). The predicted molar refractivity (Wildman–Crippen MR) is 70.0 cm³/mol. The fourth-order valence-electron chi connectivity index (χ4n) is 2.27. The second-order valence-electron chi connectivity index (χ2n) is 4.60. The van der Waals surface area contributed by atoms with Crippen molar-refractivity contribution in [3.63, 3.8) is 0 Å². The van der Waals surface area contributed by atoms with Crippen LogP contribution in [0.5, 0.6) is 0 Å². The molecule has 0 aliphatic rings. The zero-order valence-corrected chi connectivity index (χ0v) is 10.6. The number of hydrogen-bond donors (Lipinski definition) is 1. The zero-order valence-electron chi connectivity index (χ0n) is 10.6. The lowest BCUT2D eigenvalue weighted by atomic mass is 10.1. The Labute approximate surface area is 101 Å². The van der Waals surface area contributed by atoms with Crippen LogP contribution in [0.2, 0.25) is 0 Å². The number of carbonyl (C=O) groups excluding carboxylic acids is 1. The molecule has 0 saturated heterocycles. The topological polar surface area (TPSA) is 48.0 Å². The monoisotopic (exact) mass is 230 g/mol. The van der Waals surface area contributed by atoms with E-state index in [2.05, 4.69) is 43.5 Å². The Balaban J connectivity index is 2.54. The molecule has 1 heterocycles. The summed E-state index contributed by atoms with van der Waals surface area (Å²) < 4.78 is 2.18. The first-order chi connectivity index (χ1) is 8.00. The van der Waals surface area contributed by atoms with E-state index in [4.69, 9.17) is 5.73 Å². The van der Waals surface area contributed by atoms with Crippen LogP contribution in [0.1, 0.15) is 23.2 Å². The molecule has 0 aliphatic heterocycles. The summed E-state index contributed by atoms with van der Waals surface area (Å²) in [6, 6.07) is 6.41. The summed E-state index contributed by atoms with van der Waals surface area (Å²) in [7, 11) is 0. The van der Waals surface area contributed by atoms with Gasteiger partial charge in [0.1, 0.15) is 0 Å². The quantitative estimate of drug-likeness (QED) is 0.865. The molecule has 2 aromatic rings. The van der Waals surface area contributed by atoms with Gasteiger partial charge >= 0.3 is 0 Å². The number of amides is 1. The number of aryl methyl sites for hydroxylation is 3. The van der Waals surface area contributed by atoms with Gasteiger partial charge in [-0.05, 0) is 38.5 Å². The highest BCUT2D eigenvalue weighted by Crippen LogP contribution is 2.26. The number of aromatic nitrogens is 1. The van der Waals surface area contributed by atoms with Gasteiger partial charge in [-0.1, -0.05) is 11.6 Å². The van der Waals surface area contributed by atoms with Crippen molar-refractivity contribution in [2.45, 2.75) is 33.7 Å². The molecule has 2 N–H and O–H groups in total. The Morgan fingerprint density at radius 1 is 1.29 bits per heavy atom. The molecular formula is C14H18N2O. The molecule has 0 atom stereocenters. The summed E-state index contributed by atoms with van der Waals surface area (Å²) in [4.78, 5) is 10.9. The van der Waals surface area contributed by atoms with Crippen molar-refractivity contribution in [2.75, 3.05) is 0 Å². The Hall–Kier alpha value is -1.77. The van der Waals surface area contributed by atoms with Gasteiger partial charge in [0.25, 0.3) is 0 Å². The number of nitrogens with zero attached hydrogens (tertiary/aromatic N) is 1. The Bertz CT molecular complexity index is 581. The number of hydrogen-bond acceptors (Lipinski definition) is 1. The summed E-state index contributed by atoms with van der Waals surface area (Å²) in [5.41, 5.74) is 10.2. The van der Waals surface area contributed by atoms with Gasteiger partial charge in [0.05, 0.1) is 0 Å². The number of nitrogens with two attached hydrogens (primary N) is 1. The number of benzene rings is 1. The number of rotatable bonds is 3. The normalized spacial score (nSPS) is 11.0. The summed E-state index contributed by atoms with van der Waals surface area (Å²) >= 11 is 0. The lowest BCUT2D eigenvalue weighted by Gasteiger charge is -2.06. The van der Waals surface area contributed by atoms with Crippen molar-refractivity contribution in [1.82, 2.24) is 4.57 Å². The lowest BCUT2D eigenvalue weighted by molar-refractivity contribution is -0.118. The van der Waals surface area contributed by atoms with E-state index in [1.54, 1.807) is 0 Å². The molecule has 1 amide bonds. The highest BCUT2D eigenvalue weighted by molar-refractivity contribution is 5.86. The van der Waals surface area contributed by atoms with E-state index < -0.39 is 0 Å². The van der Waals surface area contributed by atoms with Crippen molar-refractivity contribution in [3.05, 3.63) is 35.0 Å². The maximum atomic E-state index is 10.9. The molecule has 3 nitrogen and oxygen atoms in total. The third-order valence-electron chi connectivity index (χ3n) is 3.38. The van der Waals surface area contributed by atoms with Gasteiger partial charge in [-0.25, -0.2) is 0 Å². The molecule has 0 aliphatic carbocycles. The predicted octanol–water partition coefficient (Wildman–Crippen LogP) is 2.44. The fourth-order valence-corrected chi connectivity index (χ4v) is 2.27. The maximum absolute atomic E-state index is 10.9. The molecule has 1 aromatic heterocycles. The maximum Gasteiger partial charge on any atom is 0.219 e. The molecule has 0 radical (unpaired) electrons. The van der Waals surface area contributed by atoms with Crippen LogP contribution in [0.4, 0.5) is 0 Å². The van der Waals surface area contributed by atoms with Gasteiger partial charge in [-0.15, -0.1) is 0 Å². The second kappa shape index (κ2) is 4.24. The first-order valence-corrected chi connectivity index (χ1v) is 5.85. The molecule has 17 heavy (non-hydrogen) atoms. The highest BCUT2D eigenvalue weighted by Gasteiger charge is 2.11. The molecule has 0 saturated carbocycles. The Morgan fingerprint density at radius 2 is 2.00 bits per heavy atom. The third-order valence-corrected chi connectivity index (χ3v) is 3.38. The zero-order chi connectivity index (χ0) is 12.6. The standard InChI is InChI=1S/C14H18N2O/c1-9-4-5-13-12(8-9)10(2)11(3)16(13)7-6-14(15)17/h4-5,8H,6-7H2,1-3H3,(H2,15,17). The van der Waals surface area contributed by atoms with Gasteiger partial charge in [-0.3, -0.25) is 4.79 Å². The summed E-state index contributed by atoms with van der Waals surface area (Å²) in [5, 5.41) is 1.27. The minimum Gasteiger partial charge on any atom is -0.370 e. The highest BCUT2D eigenvalue weighted by atomic mass is 16.1. The largest absolute Gasteiger partial charge is 0.370 e. The minimum atomic E-state index is -0.254. The van der Waals surface area contributed by atoms with Crippen LogP contribution in [0.3, 0.4) is 0 Å². The minimum absolute atomic E-state index is 0.254. The van der Waals surface area contributed by atoms with Crippen molar-refractivity contribution in [2.24, 2.45) is 5.73 Å². The first-order valence-electron chi connectivity index (χ1n) is 5.85. The van der Waals surface area contributed by atoms with E-state index in [-0.39, 0.29) is 5.91 Å². The lowest BCUT2D eigenvalue weighted by Crippen LogP contribution is -2.14. The summed E-state index contributed by atoms with van der Waals surface area (Å²) in [6.07, 6.45) is 0.387. The summed E-state index contributed by atoms with van der Waals surface area (Å²) in [6.45, 7) is 6.97. The van der Waals surface area contributed by atoms with E-state index >= 15 is 0 Å². The second-order valence-corrected chi connectivity index (χ2v) is 4.60. The number of primary amides is 1. The van der Waals surface area contributed by atoms with Crippen molar-refractivity contribution in [3.8, 4) is 0 Å². The molecule has 3 heteroatoms. The summed E-state index contributed by atoms with van der Waals surface area (Å²) in [5.74, 6) is -0.254. The number of carbonyl (C=O) groups is 1. The average molecular weight is 230 g/mol. The van der Waals surface area contributed by atoms with Crippen LogP contribution in [-0.2, 0) is 11.3 Å². The van der Waals surface area contributed by atoms with Gasteiger partial charge in [-0.2, -0.15) is 0 Å². The van der Waals surface area contributed by atoms with E-state index in [0.717, 1.165) is 0 Å². The van der Waals surface area contributed by atoms with Crippen LogP contribution >= 0.6 is 0 Å². The van der Waals surface area contributed by atoms with E-state index in [9.17, 15) is 4.79 Å².